The van der Waals surface area contributed by atoms with Gasteiger partial charge in [0, 0.05) is 11.0 Å². The second-order valence-electron chi connectivity index (χ2n) is 4.62. The number of hydrogen-bond donors (Lipinski definition) is 1. The Morgan fingerprint density at radius 2 is 2.11 bits per heavy atom. The van der Waals surface area contributed by atoms with Gasteiger partial charge >= 0.3 is 0 Å². The Morgan fingerprint density at radius 3 is 2.72 bits per heavy atom. The summed E-state index contributed by atoms with van der Waals surface area (Å²) in [6.45, 7) is 9.04. The summed E-state index contributed by atoms with van der Waals surface area (Å²) in [5, 5.41) is 3.33. The highest BCUT2D eigenvalue weighted by Gasteiger charge is 2.05. The van der Waals surface area contributed by atoms with Crippen LogP contribution in [-0.4, -0.2) is 12.6 Å². The molecular formula is C15H24BrNO. The molecule has 0 saturated heterocycles. The molecule has 1 aromatic carbocycles. The van der Waals surface area contributed by atoms with Crippen molar-refractivity contribution in [1.82, 2.24) is 5.32 Å². The molecule has 0 aromatic heterocycles. The highest BCUT2D eigenvalue weighted by atomic mass is 79.9. The van der Waals surface area contributed by atoms with E-state index in [1.807, 2.05) is 0 Å². The fourth-order valence-corrected chi connectivity index (χ4v) is 2.35. The van der Waals surface area contributed by atoms with Crippen LogP contribution in [0.5, 0.6) is 0 Å². The molecule has 3 heteroatoms. The zero-order chi connectivity index (χ0) is 13.4. The normalized spacial score (nSPS) is 12.7. The zero-order valence-electron chi connectivity index (χ0n) is 11.6. The van der Waals surface area contributed by atoms with E-state index in [1.165, 1.54) is 17.5 Å². The number of ether oxygens (including phenoxy) is 1. The summed E-state index contributed by atoms with van der Waals surface area (Å²) in [5.74, 6) is 0. The summed E-state index contributed by atoms with van der Waals surface area (Å²) in [7, 11) is 0. The molecule has 102 valence electrons. The SMILES string of the molecule is CCCC(C)OCc1ccc(CNCC)cc1Br. The molecule has 0 aliphatic rings. The first-order valence-electron chi connectivity index (χ1n) is 6.77. The average Bonchev–Trinajstić information content (AvgIpc) is 2.35. The van der Waals surface area contributed by atoms with Gasteiger partial charge in [-0.25, -0.2) is 0 Å². The van der Waals surface area contributed by atoms with E-state index in [9.17, 15) is 0 Å². The van der Waals surface area contributed by atoms with Crippen LogP contribution in [0.25, 0.3) is 0 Å². The van der Waals surface area contributed by atoms with Crippen molar-refractivity contribution in [2.45, 2.75) is 52.9 Å². The quantitative estimate of drug-likeness (QED) is 0.774. The lowest BCUT2D eigenvalue weighted by Crippen LogP contribution is -2.12. The van der Waals surface area contributed by atoms with Gasteiger partial charge in [0.2, 0.25) is 0 Å². The van der Waals surface area contributed by atoms with E-state index in [-0.39, 0.29) is 0 Å². The lowest BCUT2D eigenvalue weighted by atomic mass is 10.1. The zero-order valence-corrected chi connectivity index (χ0v) is 13.2. The minimum absolute atomic E-state index is 0.336. The predicted octanol–water partition coefficient (Wildman–Crippen LogP) is 4.26. The number of benzene rings is 1. The van der Waals surface area contributed by atoms with Crippen LogP contribution in [0, 0.1) is 0 Å². The first-order valence-corrected chi connectivity index (χ1v) is 7.56. The number of rotatable bonds is 8. The van der Waals surface area contributed by atoms with Gasteiger partial charge in [-0.05, 0) is 37.1 Å². The Hall–Kier alpha value is -0.380. The van der Waals surface area contributed by atoms with Crippen molar-refractivity contribution in [1.29, 1.82) is 0 Å². The van der Waals surface area contributed by atoms with Crippen molar-refractivity contribution >= 4 is 15.9 Å². The summed E-state index contributed by atoms with van der Waals surface area (Å²) in [5.41, 5.74) is 2.52. The Morgan fingerprint density at radius 1 is 1.33 bits per heavy atom. The van der Waals surface area contributed by atoms with E-state index >= 15 is 0 Å². The molecule has 0 bridgehead atoms. The molecule has 0 radical (unpaired) electrons. The van der Waals surface area contributed by atoms with Crippen LogP contribution in [0.4, 0.5) is 0 Å². The van der Waals surface area contributed by atoms with Crippen molar-refractivity contribution in [3.8, 4) is 0 Å². The van der Waals surface area contributed by atoms with Crippen molar-refractivity contribution < 1.29 is 4.74 Å². The van der Waals surface area contributed by atoms with Gasteiger partial charge in [-0.1, -0.05) is 48.3 Å². The summed E-state index contributed by atoms with van der Waals surface area (Å²) < 4.78 is 6.97. The monoisotopic (exact) mass is 313 g/mol. The van der Waals surface area contributed by atoms with E-state index in [0.717, 1.165) is 24.0 Å². The fraction of sp³-hybridized carbons (Fsp3) is 0.600. The first kappa shape index (κ1) is 15.7. The third-order valence-corrected chi connectivity index (χ3v) is 3.65. The van der Waals surface area contributed by atoms with Crippen LogP contribution in [0.15, 0.2) is 22.7 Å². The largest absolute Gasteiger partial charge is 0.374 e. The second-order valence-corrected chi connectivity index (χ2v) is 5.47. The Bertz CT molecular complexity index is 354. The number of nitrogens with one attached hydrogen (secondary N) is 1. The maximum atomic E-state index is 5.82. The van der Waals surface area contributed by atoms with Crippen LogP contribution >= 0.6 is 15.9 Å². The highest BCUT2D eigenvalue weighted by molar-refractivity contribution is 9.10. The minimum Gasteiger partial charge on any atom is -0.374 e. The molecular weight excluding hydrogens is 290 g/mol. The Kier molecular flexibility index (Phi) is 7.56. The molecule has 0 aliphatic carbocycles. The number of halogens is 1. The third-order valence-electron chi connectivity index (χ3n) is 2.92. The fourth-order valence-electron chi connectivity index (χ4n) is 1.81. The van der Waals surface area contributed by atoms with E-state index in [0.29, 0.717) is 12.7 Å². The molecule has 0 fully saturated rings. The van der Waals surface area contributed by atoms with Crippen LogP contribution < -0.4 is 5.32 Å². The van der Waals surface area contributed by atoms with Crippen LogP contribution in [0.1, 0.15) is 44.7 Å². The van der Waals surface area contributed by atoms with E-state index < -0.39 is 0 Å². The molecule has 1 N–H and O–H groups in total. The maximum Gasteiger partial charge on any atom is 0.0731 e. The van der Waals surface area contributed by atoms with Crippen LogP contribution in [-0.2, 0) is 17.9 Å². The van der Waals surface area contributed by atoms with Gasteiger partial charge in [0.25, 0.3) is 0 Å². The number of hydrogen-bond acceptors (Lipinski definition) is 2. The van der Waals surface area contributed by atoms with E-state index in [4.69, 9.17) is 4.74 Å². The molecule has 0 amide bonds. The molecule has 0 heterocycles. The van der Waals surface area contributed by atoms with Gasteiger partial charge < -0.3 is 10.1 Å². The lowest BCUT2D eigenvalue weighted by Gasteiger charge is -2.13. The Balaban J connectivity index is 2.51. The molecule has 0 spiro atoms. The summed E-state index contributed by atoms with van der Waals surface area (Å²) >= 11 is 3.62. The van der Waals surface area contributed by atoms with Crippen LogP contribution in [0.3, 0.4) is 0 Å². The average molecular weight is 314 g/mol. The molecule has 1 atom stereocenters. The van der Waals surface area contributed by atoms with Gasteiger partial charge in [-0.3, -0.25) is 0 Å². The lowest BCUT2D eigenvalue weighted by molar-refractivity contribution is 0.0468. The van der Waals surface area contributed by atoms with Crippen molar-refractivity contribution in [3.63, 3.8) is 0 Å². The van der Waals surface area contributed by atoms with Gasteiger partial charge in [-0.2, -0.15) is 0 Å². The summed E-state index contributed by atoms with van der Waals surface area (Å²) in [6, 6.07) is 6.48. The minimum atomic E-state index is 0.336. The first-order chi connectivity index (χ1) is 8.67. The topological polar surface area (TPSA) is 21.3 Å². The van der Waals surface area contributed by atoms with Crippen LogP contribution in [0.2, 0.25) is 0 Å². The summed E-state index contributed by atoms with van der Waals surface area (Å²) in [6.07, 6.45) is 2.63. The maximum absolute atomic E-state index is 5.82. The van der Waals surface area contributed by atoms with Crippen molar-refractivity contribution in [2.24, 2.45) is 0 Å². The molecule has 1 unspecified atom stereocenters. The summed E-state index contributed by atoms with van der Waals surface area (Å²) in [4.78, 5) is 0. The van der Waals surface area contributed by atoms with E-state index in [2.05, 4.69) is 60.2 Å². The van der Waals surface area contributed by atoms with Gasteiger partial charge in [0.1, 0.15) is 0 Å². The predicted molar refractivity (Wildman–Crippen MR) is 80.7 cm³/mol. The van der Waals surface area contributed by atoms with Gasteiger partial charge in [-0.15, -0.1) is 0 Å². The van der Waals surface area contributed by atoms with Crippen molar-refractivity contribution in [3.05, 3.63) is 33.8 Å². The molecule has 1 rings (SSSR count). The standard InChI is InChI=1S/C15H24BrNO/c1-4-6-12(3)18-11-14-8-7-13(9-15(14)16)10-17-5-2/h7-9,12,17H,4-6,10-11H2,1-3H3. The Labute approximate surface area is 119 Å². The van der Waals surface area contributed by atoms with E-state index in [1.54, 1.807) is 0 Å². The molecule has 1 aromatic rings. The molecule has 0 aliphatic heterocycles. The highest BCUT2D eigenvalue weighted by Crippen LogP contribution is 2.20. The van der Waals surface area contributed by atoms with Gasteiger partial charge in [0.15, 0.2) is 0 Å². The molecule has 18 heavy (non-hydrogen) atoms. The second kappa shape index (κ2) is 8.68. The third kappa shape index (κ3) is 5.51. The van der Waals surface area contributed by atoms with Crippen molar-refractivity contribution in [2.75, 3.05) is 6.54 Å². The molecule has 2 nitrogen and oxygen atoms in total. The molecule has 0 saturated carbocycles. The van der Waals surface area contributed by atoms with Gasteiger partial charge in [0.05, 0.1) is 12.7 Å². The smallest absolute Gasteiger partial charge is 0.0731 e.